The summed E-state index contributed by atoms with van der Waals surface area (Å²) in [6.45, 7) is 2.25. The van der Waals surface area contributed by atoms with E-state index in [2.05, 4.69) is 0 Å². The van der Waals surface area contributed by atoms with Gasteiger partial charge in [-0.15, -0.1) is 0 Å². The average Bonchev–Trinajstić information content (AvgIpc) is 2.82. The highest BCUT2D eigenvalue weighted by atomic mass is 19.1. The lowest BCUT2D eigenvalue weighted by Gasteiger charge is -2.12. The van der Waals surface area contributed by atoms with Crippen molar-refractivity contribution >= 4 is 10.8 Å². The van der Waals surface area contributed by atoms with E-state index in [0.29, 0.717) is 53.3 Å². The molecule has 4 aromatic rings. The van der Waals surface area contributed by atoms with Gasteiger partial charge in [-0.3, -0.25) is 0 Å². The summed E-state index contributed by atoms with van der Waals surface area (Å²) in [5.74, 6) is -2.41. The van der Waals surface area contributed by atoms with Gasteiger partial charge in [-0.25, -0.2) is 17.6 Å². The van der Waals surface area contributed by atoms with E-state index in [1.807, 2.05) is 6.92 Å². The fourth-order valence-electron chi connectivity index (χ4n) is 3.90. The lowest BCUT2D eigenvalue weighted by molar-refractivity contribution is 0.314. The molecule has 0 unspecified atom stereocenters. The molecule has 0 radical (unpaired) electrons. The number of rotatable bonds is 7. The van der Waals surface area contributed by atoms with E-state index in [9.17, 15) is 13.2 Å². The summed E-state index contributed by atoms with van der Waals surface area (Å²) < 4.78 is 63.6. The maximum atomic E-state index is 15.2. The Morgan fingerprint density at radius 1 is 0.824 bits per heavy atom. The summed E-state index contributed by atoms with van der Waals surface area (Å²) in [7, 11) is 0. The third-order valence-electron chi connectivity index (χ3n) is 5.65. The van der Waals surface area contributed by atoms with E-state index >= 15 is 4.39 Å². The third kappa shape index (κ3) is 4.74. The van der Waals surface area contributed by atoms with Crippen LogP contribution in [0.5, 0.6) is 5.75 Å². The summed E-state index contributed by atoms with van der Waals surface area (Å²) in [4.78, 5) is 0. The van der Waals surface area contributed by atoms with Gasteiger partial charge in [0.05, 0.1) is 17.7 Å². The first-order chi connectivity index (χ1) is 16.4. The Morgan fingerprint density at radius 2 is 1.59 bits per heavy atom. The van der Waals surface area contributed by atoms with Gasteiger partial charge in [0, 0.05) is 17.5 Å². The lowest BCUT2D eigenvalue weighted by atomic mass is 9.96. The van der Waals surface area contributed by atoms with Crippen LogP contribution in [0.2, 0.25) is 0 Å². The van der Waals surface area contributed by atoms with E-state index in [0.717, 1.165) is 12.1 Å². The molecular formula is C28H21F4NO. The molecule has 4 aromatic carbocycles. The highest BCUT2D eigenvalue weighted by Gasteiger charge is 2.16. The molecule has 0 amide bonds. The summed E-state index contributed by atoms with van der Waals surface area (Å²) in [6, 6.07) is 16.3. The van der Waals surface area contributed by atoms with Gasteiger partial charge in [0.2, 0.25) is 0 Å². The molecule has 2 nitrogen and oxygen atoms in total. The molecule has 0 aliphatic carbocycles. The van der Waals surface area contributed by atoms with E-state index < -0.39 is 23.3 Å². The van der Waals surface area contributed by atoms with Gasteiger partial charge in [-0.2, -0.15) is 5.26 Å². The second-order valence-corrected chi connectivity index (χ2v) is 8.01. The highest BCUT2D eigenvalue weighted by molar-refractivity contribution is 5.88. The molecule has 0 saturated heterocycles. The van der Waals surface area contributed by atoms with Crippen LogP contribution in [0.25, 0.3) is 21.9 Å². The molecule has 4 rings (SSSR count). The van der Waals surface area contributed by atoms with Crippen molar-refractivity contribution in [3.05, 3.63) is 101 Å². The van der Waals surface area contributed by atoms with E-state index in [1.54, 1.807) is 30.3 Å². The van der Waals surface area contributed by atoms with Crippen LogP contribution in [-0.2, 0) is 12.8 Å². The molecule has 0 bridgehead atoms. The van der Waals surface area contributed by atoms with Crippen molar-refractivity contribution in [3.63, 3.8) is 0 Å². The lowest BCUT2D eigenvalue weighted by Crippen LogP contribution is -1.99. The summed E-state index contributed by atoms with van der Waals surface area (Å²) in [6.07, 6.45) is 1.44. The number of nitriles is 1. The predicted molar refractivity (Wildman–Crippen MR) is 124 cm³/mol. The van der Waals surface area contributed by atoms with Gasteiger partial charge in [-0.1, -0.05) is 37.3 Å². The van der Waals surface area contributed by atoms with E-state index in [4.69, 9.17) is 10.00 Å². The fraction of sp³-hybridized carbons (Fsp3) is 0.179. The van der Waals surface area contributed by atoms with Crippen LogP contribution in [0, 0.1) is 34.6 Å². The average molecular weight is 463 g/mol. The van der Waals surface area contributed by atoms with Gasteiger partial charge < -0.3 is 4.74 Å². The van der Waals surface area contributed by atoms with Gasteiger partial charge >= 0.3 is 0 Å². The minimum Gasteiger partial charge on any atom is -0.493 e. The molecule has 172 valence electrons. The number of halogens is 4. The smallest absolute Gasteiger partial charge is 0.141 e. The second kappa shape index (κ2) is 9.96. The van der Waals surface area contributed by atoms with Crippen LogP contribution < -0.4 is 4.74 Å². The van der Waals surface area contributed by atoms with Crippen molar-refractivity contribution in [1.29, 1.82) is 5.26 Å². The van der Waals surface area contributed by atoms with Gasteiger partial charge in [0.25, 0.3) is 0 Å². The van der Waals surface area contributed by atoms with Crippen LogP contribution in [-0.4, -0.2) is 6.61 Å². The number of ether oxygens (including phenoxy) is 1. The molecule has 0 aliphatic heterocycles. The Kier molecular flexibility index (Phi) is 6.83. The molecule has 0 spiro atoms. The Hall–Kier alpha value is -3.85. The molecule has 0 N–H and O–H groups in total. The molecular weight excluding hydrogens is 442 g/mol. The Labute approximate surface area is 195 Å². The summed E-state index contributed by atoms with van der Waals surface area (Å²) in [5.41, 5.74) is 1.17. The topological polar surface area (TPSA) is 33.0 Å². The predicted octanol–water partition coefficient (Wildman–Crippen LogP) is 7.51. The zero-order chi connectivity index (χ0) is 24.2. The number of hydrogen-bond acceptors (Lipinski definition) is 2. The molecule has 0 fully saturated rings. The molecule has 34 heavy (non-hydrogen) atoms. The largest absolute Gasteiger partial charge is 0.493 e. The van der Waals surface area contributed by atoms with Gasteiger partial charge in [-0.05, 0) is 59.5 Å². The summed E-state index contributed by atoms with van der Waals surface area (Å²) in [5, 5.41) is 9.67. The normalized spacial score (nSPS) is 10.9. The number of fused-ring (bicyclic) bond motifs is 1. The number of nitrogens with zero attached hydrogens (tertiary/aromatic N) is 1. The Morgan fingerprint density at radius 3 is 2.26 bits per heavy atom. The minimum absolute atomic E-state index is 0.0348. The molecule has 0 aromatic heterocycles. The second-order valence-electron chi connectivity index (χ2n) is 8.01. The number of benzene rings is 4. The quantitative estimate of drug-likeness (QED) is 0.266. The maximum Gasteiger partial charge on any atom is 0.141 e. The van der Waals surface area contributed by atoms with Crippen molar-refractivity contribution in [2.45, 2.75) is 26.2 Å². The van der Waals surface area contributed by atoms with Crippen molar-refractivity contribution in [2.24, 2.45) is 0 Å². The summed E-state index contributed by atoms with van der Waals surface area (Å²) >= 11 is 0. The van der Waals surface area contributed by atoms with Crippen LogP contribution >= 0.6 is 0 Å². The van der Waals surface area contributed by atoms with Crippen molar-refractivity contribution in [1.82, 2.24) is 0 Å². The molecule has 0 heterocycles. The standard InChI is InChI=1S/C28H21F4NO/c1-2-11-34-22-14-25(30)27(26(31)15-22)20-9-10-23-19(13-20)8-7-18(28(23)32)5-3-17-4-6-21(16-33)24(29)12-17/h4,6-10,12-15H,2-3,5,11H2,1H3. The van der Waals surface area contributed by atoms with Crippen molar-refractivity contribution < 1.29 is 22.3 Å². The van der Waals surface area contributed by atoms with Crippen LogP contribution in [0.3, 0.4) is 0 Å². The number of aryl methyl sites for hydroxylation is 2. The van der Waals surface area contributed by atoms with E-state index in [-0.39, 0.29) is 16.9 Å². The van der Waals surface area contributed by atoms with Crippen molar-refractivity contribution in [2.75, 3.05) is 6.61 Å². The minimum atomic E-state index is -0.753. The fourth-order valence-corrected chi connectivity index (χ4v) is 3.90. The highest BCUT2D eigenvalue weighted by Crippen LogP contribution is 2.33. The first-order valence-corrected chi connectivity index (χ1v) is 10.9. The van der Waals surface area contributed by atoms with Crippen LogP contribution in [0.15, 0.2) is 60.7 Å². The third-order valence-corrected chi connectivity index (χ3v) is 5.65. The Bertz CT molecular complexity index is 1380. The molecule has 0 atom stereocenters. The molecule has 6 heteroatoms. The Balaban J connectivity index is 1.60. The van der Waals surface area contributed by atoms with Gasteiger partial charge in [0.1, 0.15) is 35.1 Å². The van der Waals surface area contributed by atoms with Crippen LogP contribution in [0.4, 0.5) is 17.6 Å². The molecule has 0 aliphatic rings. The number of hydrogen-bond donors (Lipinski definition) is 0. The zero-order valence-corrected chi connectivity index (χ0v) is 18.5. The van der Waals surface area contributed by atoms with Gasteiger partial charge in [0.15, 0.2) is 0 Å². The van der Waals surface area contributed by atoms with Crippen molar-refractivity contribution in [3.8, 4) is 22.9 Å². The SMILES string of the molecule is CCCOc1cc(F)c(-c2ccc3c(F)c(CCc4ccc(C#N)c(F)c4)ccc3c2)c(F)c1. The first-order valence-electron chi connectivity index (χ1n) is 10.9. The molecule has 0 saturated carbocycles. The monoisotopic (exact) mass is 463 g/mol. The zero-order valence-electron chi connectivity index (χ0n) is 18.5. The van der Waals surface area contributed by atoms with Crippen LogP contribution in [0.1, 0.15) is 30.0 Å². The first kappa shape index (κ1) is 23.3. The van der Waals surface area contributed by atoms with E-state index in [1.165, 1.54) is 24.3 Å². The maximum absolute atomic E-state index is 15.2.